The summed E-state index contributed by atoms with van der Waals surface area (Å²) in [4.78, 5) is 0. The van der Waals surface area contributed by atoms with Crippen molar-refractivity contribution in [3.63, 3.8) is 0 Å². The SMILES string of the molecule is CC1CCCC(O)(CNC(C)c2cnn(C)c2)C1. The highest BCUT2D eigenvalue weighted by atomic mass is 16.3. The summed E-state index contributed by atoms with van der Waals surface area (Å²) in [6.45, 7) is 5.02. The number of hydrogen-bond donors (Lipinski definition) is 2. The van der Waals surface area contributed by atoms with E-state index in [0.717, 1.165) is 19.3 Å². The van der Waals surface area contributed by atoms with Gasteiger partial charge in [-0.05, 0) is 25.7 Å². The molecule has 1 aliphatic rings. The maximum atomic E-state index is 10.6. The first-order valence-electron chi connectivity index (χ1n) is 6.93. The first kappa shape index (κ1) is 13.6. The van der Waals surface area contributed by atoms with Gasteiger partial charge in [-0.25, -0.2) is 0 Å². The number of nitrogens with one attached hydrogen (secondary N) is 1. The number of nitrogens with zero attached hydrogens (tertiary/aromatic N) is 2. The molecule has 0 bridgehead atoms. The zero-order valence-corrected chi connectivity index (χ0v) is 11.7. The molecule has 3 unspecified atom stereocenters. The highest BCUT2D eigenvalue weighted by molar-refractivity contribution is 5.09. The van der Waals surface area contributed by atoms with Gasteiger partial charge >= 0.3 is 0 Å². The summed E-state index contributed by atoms with van der Waals surface area (Å²) in [6.07, 6.45) is 8.13. The fraction of sp³-hybridized carbons (Fsp3) is 0.786. The first-order valence-corrected chi connectivity index (χ1v) is 6.93. The maximum absolute atomic E-state index is 10.6. The molecule has 102 valence electrons. The van der Waals surface area contributed by atoms with Crippen molar-refractivity contribution in [1.82, 2.24) is 15.1 Å². The molecule has 0 spiro atoms. The van der Waals surface area contributed by atoms with Gasteiger partial charge < -0.3 is 10.4 Å². The number of aromatic nitrogens is 2. The minimum absolute atomic E-state index is 0.236. The Balaban J connectivity index is 1.87. The summed E-state index contributed by atoms with van der Waals surface area (Å²) < 4.78 is 1.81. The smallest absolute Gasteiger partial charge is 0.0774 e. The number of rotatable bonds is 4. The van der Waals surface area contributed by atoms with Crippen LogP contribution in [0.2, 0.25) is 0 Å². The molecule has 4 nitrogen and oxygen atoms in total. The van der Waals surface area contributed by atoms with E-state index in [9.17, 15) is 5.11 Å². The molecule has 2 N–H and O–H groups in total. The van der Waals surface area contributed by atoms with Crippen molar-refractivity contribution in [2.75, 3.05) is 6.54 Å². The lowest BCUT2D eigenvalue weighted by Gasteiger charge is -2.36. The zero-order chi connectivity index (χ0) is 13.2. The second kappa shape index (κ2) is 5.41. The van der Waals surface area contributed by atoms with Crippen LogP contribution in [0.1, 0.15) is 51.1 Å². The van der Waals surface area contributed by atoms with Gasteiger partial charge in [0.1, 0.15) is 0 Å². The Morgan fingerprint density at radius 1 is 1.67 bits per heavy atom. The average molecular weight is 251 g/mol. The molecule has 0 amide bonds. The van der Waals surface area contributed by atoms with Crippen molar-refractivity contribution < 1.29 is 5.11 Å². The monoisotopic (exact) mass is 251 g/mol. The van der Waals surface area contributed by atoms with E-state index in [1.165, 1.54) is 12.0 Å². The largest absolute Gasteiger partial charge is 0.389 e. The molecule has 0 aromatic carbocycles. The lowest BCUT2D eigenvalue weighted by molar-refractivity contribution is -0.0134. The normalized spacial score (nSPS) is 30.3. The van der Waals surface area contributed by atoms with E-state index < -0.39 is 5.60 Å². The van der Waals surface area contributed by atoms with Crippen LogP contribution in [0.3, 0.4) is 0 Å². The Labute approximate surface area is 109 Å². The third kappa shape index (κ3) is 3.33. The van der Waals surface area contributed by atoms with E-state index in [4.69, 9.17) is 0 Å². The van der Waals surface area contributed by atoms with Crippen LogP contribution in [-0.2, 0) is 7.05 Å². The predicted octanol–water partition coefficient (Wildman–Crippen LogP) is 2.01. The van der Waals surface area contributed by atoms with Crippen molar-refractivity contribution in [2.24, 2.45) is 13.0 Å². The Morgan fingerprint density at radius 2 is 2.44 bits per heavy atom. The molecule has 1 aromatic rings. The average Bonchev–Trinajstić information content (AvgIpc) is 2.73. The molecular formula is C14H25N3O. The van der Waals surface area contributed by atoms with Gasteiger partial charge in [0, 0.05) is 31.4 Å². The van der Waals surface area contributed by atoms with Gasteiger partial charge in [-0.2, -0.15) is 5.10 Å². The highest BCUT2D eigenvalue weighted by Crippen LogP contribution is 2.32. The van der Waals surface area contributed by atoms with E-state index in [-0.39, 0.29) is 6.04 Å². The maximum Gasteiger partial charge on any atom is 0.0774 e. The molecule has 3 atom stereocenters. The van der Waals surface area contributed by atoms with Crippen LogP contribution in [0, 0.1) is 5.92 Å². The molecule has 4 heteroatoms. The standard InChI is InChI=1S/C14H25N3O/c1-11-5-4-6-14(18,7-11)10-15-12(2)13-8-16-17(3)9-13/h8-9,11-12,15,18H,4-7,10H2,1-3H3. The van der Waals surface area contributed by atoms with Gasteiger partial charge in [0.2, 0.25) is 0 Å². The van der Waals surface area contributed by atoms with Crippen LogP contribution in [0.15, 0.2) is 12.4 Å². The lowest BCUT2D eigenvalue weighted by atomic mass is 9.79. The van der Waals surface area contributed by atoms with Gasteiger partial charge in [0.25, 0.3) is 0 Å². The molecule has 2 rings (SSSR count). The van der Waals surface area contributed by atoms with Crippen LogP contribution in [0.4, 0.5) is 0 Å². The van der Waals surface area contributed by atoms with Crippen molar-refractivity contribution in [3.05, 3.63) is 18.0 Å². The van der Waals surface area contributed by atoms with Crippen LogP contribution in [0.25, 0.3) is 0 Å². The topological polar surface area (TPSA) is 50.1 Å². The number of aliphatic hydroxyl groups is 1. The zero-order valence-electron chi connectivity index (χ0n) is 11.7. The molecular weight excluding hydrogens is 226 g/mol. The van der Waals surface area contributed by atoms with Gasteiger partial charge in [-0.15, -0.1) is 0 Å². The number of hydrogen-bond acceptors (Lipinski definition) is 3. The molecule has 1 saturated carbocycles. The summed E-state index contributed by atoms with van der Waals surface area (Å²) in [7, 11) is 1.92. The highest BCUT2D eigenvalue weighted by Gasteiger charge is 2.32. The van der Waals surface area contributed by atoms with E-state index in [1.807, 2.05) is 24.1 Å². The minimum atomic E-state index is -0.520. The van der Waals surface area contributed by atoms with Crippen molar-refractivity contribution in [2.45, 2.75) is 51.2 Å². The molecule has 1 fully saturated rings. The Bertz CT molecular complexity index is 390. The summed E-state index contributed by atoms with van der Waals surface area (Å²) in [6, 6.07) is 0.236. The van der Waals surface area contributed by atoms with E-state index in [1.54, 1.807) is 0 Å². The number of aryl methyl sites for hydroxylation is 1. The molecule has 1 heterocycles. The summed E-state index contributed by atoms with van der Waals surface area (Å²) >= 11 is 0. The predicted molar refractivity (Wildman–Crippen MR) is 72.2 cm³/mol. The fourth-order valence-corrected chi connectivity index (χ4v) is 2.92. The van der Waals surface area contributed by atoms with Crippen molar-refractivity contribution >= 4 is 0 Å². The Hall–Kier alpha value is -0.870. The second-order valence-electron chi connectivity index (χ2n) is 5.98. The molecule has 0 saturated heterocycles. The molecule has 1 aliphatic carbocycles. The van der Waals surface area contributed by atoms with Crippen LogP contribution < -0.4 is 5.32 Å². The van der Waals surface area contributed by atoms with Crippen LogP contribution in [-0.4, -0.2) is 27.0 Å². The van der Waals surface area contributed by atoms with Gasteiger partial charge in [-0.1, -0.05) is 19.8 Å². The summed E-state index contributed by atoms with van der Waals surface area (Å²) in [5.41, 5.74) is 0.652. The van der Waals surface area contributed by atoms with Gasteiger partial charge in [0.05, 0.1) is 11.8 Å². The molecule has 1 aromatic heterocycles. The summed E-state index contributed by atoms with van der Waals surface area (Å²) in [5, 5.41) is 18.2. The van der Waals surface area contributed by atoms with Gasteiger partial charge in [-0.3, -0.25) is 4.68 Å². The summed E-state index contributed by atoms with van der Waals surface area (Å²) in [5.74, 6) is 0.638. The van der Waals surface area contributed by atoms with Crippen molar-refractivity contribution in [1.29, 1.82) is 0 Å². The third-order valence-electron chi connectivity index (χ3n) is 4.03. The van der Waals surface area contributed by atoms with E-state index in [2.05, 4.69) is 24.3 Å². The van der Waals surface area contributed by atoms with Gasteiger partial charge in [0.15, 0.2) is 0 Å². The minimum Gasteiger partial charge on any atom is -0.389 e. The van der Waals surface area contributed by atoms with Crippen LogP contribution in [0.5, 0.6) is 0 Å². The van der Waals surface area contributed by atoms with E-state index >= 15 is 0 Å². The molecule has 0 radical (unpaired) electrons. The first-order chi connectivity index (χ1) is 8.48. The molecule has 18 heavy (non-hydrogen) atoms. The third-order valence-corrected chi connectivity index (χ3v) is 4.03. The Kier molecular flexibility index (Phi) is 4.07. The second-order valence-corrected chi connectivity index (χ2v) is 5.98. The Morgan fingerprint density at radius 3 is 3.06 bits per heavy atom. The molecule has 0 aliphatic heterocycles. The van der Waals surface area contributed by atoms with E-state index in [0.29, 0.717) is 12.5 Å². The lowest BCUT2D eigenvalue weighted by Crippen LogP contribution is -2.44. The van der Waals surface area contributed by atoms with Crippen molar-refractivity contribution in [3.8, 4) is 0 Å². The quantitative estimate of drug-likeness (QED) is 0.860. The fourth-order valence-electron chi connectivity index (χ4n) is 2.92. The van der Waals surface area contributed by atoms with Crippen LogP contribution >= 0.6 is 0 Å².